The SMILES string of the molecule is O=C(OCc1ccccc1)c1cn(C2CCC(F)(F)CC2)nc1-c1ccc(NC2CC2)nc1F. The molecule has 3 aromatic rings. The Hall–Kier alpha value is -3.36. The second kappa shape index (κ2) is 9.12. The van der Waals surface area contributed by atoms with Gasteiger partial charge < -0.3 is 10.1 Å². The average Bonchev–Trinajstić information content (AvgIpc) is 3.53. The molecule has 9 heteroatoms. The van der Waals surface area contributed by atoms with Crippen LogP contribution in [-0.4, -0.2) is 32.7 Å². The number of nitrogens with zero attached hydrogens (tertiary/aromatic N) is 3. The van der Waals surface area contributed by atoms with Crippen molar-refractivity contribution in [1.29, 1.82) is 0 Å². The summed E-state index contributed by atoms with van der Waals surface area (Å²) in [7, 11) is 0. The molecule has 1 N–H and O–H groups in total. The van der Waals surface area contributed by atoms with Crippen LogP contribution >= 0.6 is 0 Å². The van der Waals surface area contributed by atoms with Crippen molar-refractivity contribution in [2.75, 3.05) is 5.32 Å². The smallest absolute Gasteiger partial charge is 0.342 e. The number of alkyl halides is 2. The summed E-state index contributed by atoms with van der Waals surface area (Å²) >= 11 is 0. The molecule has 2 saturated carbocycles. The Kier molecular flexibility index (Phi) is 6.02. The molecule has 0 aliphatic heterocycles. The highest BCUT2D eigenvalue weighted by molar-refractivity contribution is 5.96. The Morgan fingerprint density at radius 1 is 1.09 bits per heavy atom. The van der Waals surface area contributed by atoms with Crippen LogP contribution in [0.25, 0.3) is 11.3 Å². The van der Waals surface area contributed by atoms with Gasteiger partial charge in [-0.05, 0) is 43.4 Å². The van der Waals surface area contributed by atoms with Gasteiger partial charge in [-0.15, -0.1) is 0 Å². The molecule has 2 aliphatic rings. The quantitative estimate of drug-likeness (QED) is 0.351. The highest BCUT2D eigenvalue weighted by Crippen LogP contribution is 2.39. The fraction of sp³-hybridized carbons (Fsp3) is 0.400. The summed E-state index contributed by atoms with van der Waals surface area (Å²) in [4.78, 5) is 17.0. The minimum Gasteiger partial charge on any atom is -0.457 e. The van der Waals surface area contributed by atoms with Gasteiger partial charge in [0.1, 0.15) is 23.7 Å². The Bertz CT molecular complexity index is 1170. The topological polar surface area (TPSA) is 69.0 Å². The molecule has 0 saturated heterocycles. The first-order chi connectivity index (χ1) is 16.4. The lowest BCUT2D eigenvalue weighted by atomic mass is 9.92. The van der Waals surface area contributed by atoms with E-state index in [0.717, 1.165) is 18.4 Å². The predicted octanol–water partition coefficient (Wildman–Crippen LogP) is 5.77. The average molecular weight is 470 g/mol. The molecule has 0 atom stereocenters. The molecule has 5 rings (SSSR count). The molecule has 0 unspecified atom stereocenters. The van der Waals surface area contributed by atoms with E-state index >= 15 is 4.39 Å². The summed E-state index contributed by atoms with van der Waals surface area (Å²) in [5.41, 5.74) is 1.05. The van der Waals surface area contributed by atoms with Crippen LogP contribution in [0, 0.1) is 5.95 Å². The van der Waals surface area contributed by atoms with Gasteiger partial charge in [-0.25, -0.2) is 18.6 Å². The first-order valence-electron chi connectivity index (χ1n) is 11.5. The van der Waals surface area contributed by atoms with Gasteiger partial charge in [-0.2, -0.15) is 9.49 Å². The lowest BCUT2D eigenvalue weighted by molar-refractivity contribution is -0.0449. The monoisotopic (exact) mass is 470 g/mol. The van der Waals surface area contributed by atoms with Crippen LogP contribution in [0.1, 0.15) is 60.5 Å². The van der Waals surface area contributed by atoms with E-state index in [0.29, 0.717) is 11.9 Å². The van der Waals surface area contributed by atoms with Crippen molar-refractivity contribution in [2.24, 2.45) is 0 Å². The van der Waals surface area contributed by atoms with E-state index in [2.05, 4.69) is 15.4 Å². The van der Waals surface area contributed by atoms with Crippen LogP contribution in [0.2, 0.25) is 0 Å². The normalized spacial score (nSPS) is 18.0. The van der Waals surface area contributed by atoms with E-state index in [1.54, 1.807) is 6.07 Å². The highest BCUT2D eigenvalue weighted by atomic mass is 19.3. The number of rotatable bonds is 7. The first-order valence-corrected chi connectivity index (χ1v) is 11.5. The van der Waals surface area contributed by atoms with Crippen molar-refractivity contribution in [3.05, 3.63) is 65.7 Å². The molecule has 2 aromatic heterocycles. The van der Waals surface area contributed by atoms with Crippen LogP contribution in [0.5, 0.6) is 0 Å². The van der Waals surface area contributed by atoms with Crippen molar-refractivity contribution in [3.63, 3.8) is 0 Å². The van der Waals surface area contributed by atoms with Crippen molar-refractivity contribution in [2.45, 2.75) is 63.1 Å². The summed E-state index contributed by atoms with van der Waals surface area (Å²) in [6.07, 6.45) is 3.46. The highest BCUT2D eigenvalue weighted by Gasteiger charge is 2.36. The number of ether oxygens (including phenoxy) is 1. The maximum Gasteiger partial charge on any atom is 0.342 e. The molecule has 178 valence electrons. The maximum atomic E-state index is 15.0. The molecule has 2 fully saturated rings. The summed E-state index contributed by atoms with van der Waals surface area (Å²) in [5, 5.41) is 7.60. The number of hydrogen-bond donors (Lipinski definition) is 1. The number of pyridine rings is 1. The van der Waals surface area contributed by atoms with Gasteiger partial charge in [0, 0.05) is 25.1 Å². The third-order valence-electron chi connectivity index (χ3n) is 6.26. The van der Waals surface area contributed by atoms with Crippen molar-refractivity contribution < 1.29 is 22.7 Å². The van der Waals surface area contributed by atoms with Gasteiger partial charge >= 0.3 is 5.97 Å². The zero-order valence-corrected chi connectivity index (χ0v) is 18.5. The van der Waals surface area contributed by atoms with Crippen molar-refractivity contribution in [3.8, 4) is 11.3 Å². The van der Waals surface area contributed by atoms with Gasteiger partial charge in [0.25, 0.3) is 0 Å². The number of carbonyl (C=O) groups is 1. The van der Waals surface area contributed by atoms with Crippen LogP contribution in [0.3, 0.4) is 0 Å². The third kappa shape index (κ3) is 5.08. The summed E-state index contributed by atoms with van der Waals surface area (Å²) < 4.78 is 49.3. The zero-order chi connectivity index (χ0) is 23.7. The largest absolute Gasteiger partial charge is 0.457 e. The molecule has 1 aromatic carbocycles. The lowest BCUT2D eigenvalue weighted by Crippen LogP contribution is -2.26. The molecular weight excluding hydrogens is 445 g/mol. The van der Waals surface area contributed by atoms with Crippen LogP contribution in [0.4, 0.5) is 19.0 Å². The predicted molar refractivity (Wildman–Crippen MR) is 120 cm³/mol. The van der Waals surface area contributed by atoms with E-state index in [4.69, 9.17) is 4.74 Å². The number of aromatic nitrogens is 3. The van der Waals surface area contributed by atoms with E-state index in [1.807, 2.05) is 30.3 Å². The zero-order valence-electron chi connectivity index (χ0n) is 18.5. The maximum absolute atomic E-state index is 15.0. The molecular formula is C25H25F3N4O2. The van der Waals surface area contributed by atoms with Crippen molar-refractivity contribution >= 4 is 11.8 Å². The second-order valence-electron chi connectivity index (χ2n) is 8.97. The summed E-state index contributed by atoms with van der Waals surface area (Å²) in [5.74, 6) is -3.69. The lowest BCUT2D eigenvalue weighted by Gasteiger charge is -2.28. The minimum absolute atomic E-state index is 0.0466. The standard InChI is InChI=1S/C25H25F3N4O2/c26-23-19(8-9-21(30-23)29-17-6-7-17)22-20(24(33)34-15-16-4-2-1-3-5-16)14-32(31-22)18-10-12-25(27,28)13-11-18/h1-5,8-9,14,17-18H,6-7,10-13,15H2,(H,29,30). The number of nitrogens with one attached hydrogen (secondary N) is 1. The Morgan fingerprint density at radius 2 is 1.82 bits per heavy atom. The van der Waals surface area contributed by atoms with E-state index < -0.39 is 17.8 Å². The van der Waals surface area contributed by atoms with Crippen LogP contribution < -0.4 is 5.32 Å². The third-order valence-corrected chi connectivity index (χ3v) is 6.26. The fourth-order valence-electron chi connectivity index (χ4n) is 4.15. The Morgan fingerprint density at radius 3 is 2.50 bits per heavy atom. The van der Waals surface area contributed by atoms with Crippen LogP contribution in [0.15, 0.2) is 48.7 Å². The van der Waals surface area contributed by atoms with E-state index in [1.165, 1.54) is 16.9 Å². The van der Waals surface area contributed by atoms with Crippen molar-refractivity contribution in [1.82, 2.24) is 14.8 Å². The molecule has 2 aliphatic carbocycles. The van der Waals surface area contributed by atoms with Gasteiger partial charge in [0.15, 0.2) is 0 Å². The van der Waals surface area contributed by atoms with Gasteiger partial charge in [0.05, 0.1) is 11.6 Å². The molecule has 6 nitrogen and oxygen atoms in total. The van der Waals surface area contributed by atoms with Crippen LogP contribution in [-0.2, 0) is 11.3 Å². The molecule has 2 heterocycles. The number of hydrogen-bond acceptors (Lipinski definition) is 5. The second-order valence-corrected chi connectivity index (χ2v) is 8.97. The molecule has 0 amide bonds. The Labute approximate surface area is 195 Å². The summed E-state index contributed by atoms with van der Waals surface area (Å²) in [6, 6.07) is 12.4. The number of halogens is 3. The van der Waals surface area contributed by atoms with E-state index in [-0.39, 0.29) is 55.2 Å². The van der Waals surface area contributed by atoms with Gasteiger partial charge in [-0.3, -0.25) is 4.68 Å². The number of carbonyl (C=O) groups excluding carboxylic acids is 1. The molecule has 0 spiro atoms. The number of benzene rings is 1. The summed E-state index contributed by atoms with van der Waals surface area (Å²) in [6.45, 7) is 0.0466. The van der Waals surface area contributed by atoms with E-state index in [9.17, 15) is 13.6 Å². The first kappa shape index (κ1) is 22.4. The Balaban J connectivity index is 1.43. The number of esters is 1. The van der Waals surface area contributed by atoms with Gasteiger partial charge in [0.2, 0.25) is 11.9 Å². The molecule has 0 radical (unpaired) electrons. The number of anilines is 1. The van der Waals surface area contributed by atoms with Gasteiger partial charge in [-0.1, -0.05) is 30.3 Å². The molecule has 0 bridgehead atoms. The fourth-order valence-corrected chi connectivity index (χ4v) is 4.15. The minimum atomic E-state index is -2.69. The molecule has 34 heavy (non-hydrogen) atoms.